The van der Waals surface area contributed by atoms with Crippen LogP contribution in [0, 0.1) is 5.82 Å². The Labute approximate surface area is 108 Å². The highest BCUT2D eigenvalue weighted by Crippen LogP contribution is 2.17. The molecule has 1 aromatic rings. The minimum absolute atomic E-state index is 0.0987. The molecular formula is C12H15BrFNO2. The fraction of sp³-hybridized carbons (Fsp3) is 0.417. The molecule has 17 heavy (non-hydrogen) atoms. The number of benzene rings is 1. The number of carbonyl (C=O) groups is 1. The lowest BCUT2D eigenvalue weighted by Gasteiger charge is -2.21. The molecule has 0 bridgehead atoms. The highest BCUT2D eigenvalue weighted by molar-refractivity contribution is 9.10. The largest absolute Gasteiger partial charge is 0.395 e. The molecule has 0 heterocycles. The second kappa shape index (κ2) is 6.71. The Morgan fingerprint density at radius 2 is 2.24 bits per heavy atom. The van der Waals surface area contributed by atoms with Crippen molar-refractivity contribution in [1.29, 1.82) is 0 Å². The molecule has 3 nitrogen and oxygen atoms in total. The summed E-state index contributed by atoms with van der Waals surface area (Å²) in [6.45, 7) is 2.02. The van der Waals surface area contributed by atoms with Crippen molar-refractivity contribution in [2.75, 3.05) is 13.2 Å². The number of carbonyl (C=O) groups excluding carboxylic acids is 1. The summed E-state index contributed by atoms with van der Waals surface area (Å²) >= 11 is 3.26. The third-order valence-electron chi connectivity index (χ3n) is 2.39. The third-order valence-corrected chi connectivity index (χ3v) is 2.89. The lowest BCUT2D eigenvalue weighted by Crippen LogP contribution is -2.32. The Morgan fingerprint density at radius 1 is 1.53 bits per heavy atom. The first-order chi connectivity index (χ1) is 8.08. The van der Waals surface area contributed by atoms with Gasteiger partial charge < -0.3 is 10.0 Å². The lowest BCUT2D eigenvalue weighted by molar-refractivity contribution is -0.132. The molecule has 0 saturated carbocycles. The van der Waals surface area contributed by atoms with Gasteiger partial charge in [0.15, 0.2) is 0 Å². The molecule has 0 unspecified atom stereocenters. The normalized spacial score (nSPS) is 10.4. The van der Waals surface area contributed by atoms with Crippen molar-refractivity contribution < 1.29 is 14.3 Å². The zero-order chi connectivity index (χ0) is 12.8. The van der Waals surface area contributed by atoms with E-state index in [9.17, 15) is 9.18 Å². The Balaban J connectivity index is 2.85. The first-order valence-corrected chi connectivity index (χ1v) is 6.20. The van der Waals surface area contributed by atoms with Crippen LogP contribution in [0.3, 0.4) is 0 Å². The highest BCUT2D eigenvalue weighted by atomic mass is 79.9. The number of aliphatic hydroxyl groups is 1. The Bertz CT molecular complexity index is 398. The first-order valence-electron chi connectivity index (χ1n) is 5.41. The molecule has 0 radical (unpaired) electrons. The quantitative estimate of drug-likeness (QED) is 0.907. The van der Waals surface area contributed by atoms with E-state index in [0.29, 0.717) is 12.0 Å². The number of amides is 1. The summed E-state index contributed by atoms with van der Waals surface area (Å²) in [6, 6.07) is 4.60. The van der Waals surface area contributed by atoms with Gasteiger partial charge in [-0.05, 0) is 18.2 Å². The monoisotopic (exact) mass is 303 g/mol. The van der Waals surface area contributed by atoms with Crippen LogP contribution in [0.2, 0.25) is 0 Å². The molecule has 0 aliphatic carbocycles. The van der Waals surface area contributed by atoms with Crippen molar-refractivity contribution in [3.05, 3.63) is 34.1 Å². The summed E-state index contributed by atoms with van der Waals surface area (Å²) < 4.78 is 14.3. The Kier molecular flexibility index (Phi) is 5.58. The molecular weight excluding hydrogens is 289 g/mol. The third kappa shape index (κ3) is 4.09. The van der Waals surface area contributed by atoms with Crippen molar-refractivity contribution >= 4 is 21.8 Å². The molecule has 0 aliphatic heterocycles. The highest BCUT2D eigenvalue weighted by Gasteiger charge is 2.13. The second-order valence-electron chi connectivity index (χ2n) is 3.63. The zero-order valence-corrected chi connectivity index (χ0v) is 11.2. The van der Waals surface area contributed by atoms with Gasteiger partial charge in [0.2, 0.25) is 5.91 Å². The van der Waals surface area contributed by atoms with Gasteiger partial charge in [0, 0.05) is 29.5 Å². The molecule has 5 heteroatoms. The summed E-state index contributed by atoms with van der Waals surface area (Å²) in [5, 5.41) is 8.89. The number of aliphatic hydroxyl groups excluding tert-OH is 1. The van der Waals surface area contributed by atoms with E-state index in [1.54, 1.807) is 19.1 Å². The molecule has 0 saturated heterocycles. The van der Waals surface area contributed by atoms with Crippen LogP contribution in [0.15, 0.2) is 22.7 Å². The molecule has 1 aromatic carbocycles. The molecule has 1 N–H and O–H groups in total. The summed E-state index contributed by atoms with van der Waals surface area (Å²) in [5.74, 6) is -0.446. The Hall–Kier alpha value is -0.940. The molecule has 0 spiro atoms. The minimum Gasteiger partial charge on any atom is -0.395 e. The van der Waals surface area contributed by atoms with Gasteiger partial charge in [-0.2, -0.15) is 0 Å². The molecule has 1 amide bonds. The topological polar surface area (TPSA) is 40.5 Å². The second-order valence-corrected chi connectivity index (χ2v) is 4.54. The predicted molar refractivity (Wildman–Crippen MR) is 66.9 cm³/mol. The van der Waals surface area contributed by atoms with Crippen molar-refractivity contribution in [2.45, 2.75) is 19.9 Å². The van der Waals surface area contributed by atoms with E-state index in [-0.39, 0.29) is 31.4 Å². The summed E-state index contributed by atoms with van der Waals surface area (Å²) in [5.41, 5.74) is 0.439. The van der Waals surface area contributed by atoms with Gasteiger partial charge in [-0.15, -0.1) is 0 Å². The molecule has 0 aliphatic rings. The molecule has 1 rings (SSSR count). The van der Waals surface area contributed by atoms with Crippen LogP contribution in [0.4, 0.5) is 4.39 Å². The molecule has 94 valence electrons. The van der Waals surface area contributed by atoms with Crippen LogP contribution in [0.5, 0.6) is 0 Å². The van der Waals surface area contributed by atoms with Crippen LogP contribution in [0.25, 0.3) is 0 Å². The van der Waals surface area contributed by atoms with E-state index in [4.69, 9.17) is 5.11 Å². The summed E-state index contributed by atoms with van der Waals surface area (Å²) in [6.07, 6.45) is 0.343. The van der Waals surface area contributed by atoms with Gasteiger partial charge in [0.1, 0.15) is 5.82 Å². The average Bonchev–Trinajstić information content (AvgIpc) is 2.32. The molecule has 0 fully saturated rings. The van der Waals surface area contributed by atoms with Gasteiger partial charge in [-0.25, -0.2) is 4.39 Å². The summed E-state index contributed by atoms with van der Waals surface area (Å²) in [4.78, 5) is 13.0. The lowest BCUT2D eigenvalue weighted by atomic mass is 10.2. The fourth-order valence-electron chi connectivity index (χ4n) is 1.51. The van der Waals surface area contributed by atoms with Crippen molar-refractivity contribution in [3.8, 4) is 0 Å². The SMILES string of the molecule is CCC(=O)N(CCO)Cc1cc(Br)ccc1F. The number of nitrogens with zero attached hydrogens (tertiary/aromatic N) is 1. The average molecular weight is 304 g/mol. The van der Waals surface area contributed by atoms with E-state index in [2.05, 4.69) is 15.9 Å². The van der Waals surface area contributed by atoms with E-state index < -0.39 is 0 Å². The predicted octanol–water partition coefficient (Wildman–Crippen LogP) is 2.32. The number of hydrogen-bond donors (Lipinski definition) is 1. The maximum absolute atomic E-state index is 13.5. The molecule has 0 aromatic heterocycles. The maximum Gasteiger partial charge on any atom is 0.222 e. The van der Waals surface area contributed by atoms with E-state index in [1.165, 1.54) is 11.0 Å². The number of hydrogen-bond acceptors (Lipinski definition) is 2. The van der Waals surface area contributed by atoms with Gasteiger partial charge in [0.25, 0.3) is 0 Å². The fourth-order valence-corrected chi connectivity index (χ4v) is 1.91. The zero-order valence-electron chi connectivity index (χ0n) is 9.62. The first kappa shape index (κ1) is 14.1. The van der Waals surface area contributed by atoms with Gasteiger partial charge in [-0.3, -0.25) is 4.79 Å². The maximum atomic E-state index is 13.5. The van der Waals surface area contributed by atoms with Crippen molar-refractivity contribution in [3.63, 3.8) is 0 Å². The van der Waals surface area contributed by atoms with Crippen molar-refractivity contribution in [2.24, 2.45) is 0 Å². The minimum atomic E-state index is -0.347. The van der Waals surface area contributed by atoms with E-state index in [1.807, 2.05) is 0 Å². The Morgan fingerprint density at radius 3 is 2.82 bits per heavy atom. The number of rotatable bonds is 5. The smallest absolute Gasteiger partial charge is 0.222 e. The van der Waals surface area contributed by atoms with Gasteiger partial charge in [0.05, 0.1) is 6.61 Å². The van der Waals surface area contributed by atoms with Crippen LogP contribution >= 0.6 is 15.9 Å². The van der Waals surface area contributed by atoms with Gasteiger partial charge >= 0.3 is 0 Å². The van der Waals surface area contributed by atoms with Crippen LogP contribution in [0.1, 0.15) is 18.9 Å². The van der Waals surface area contributed by atoms with Crippen LogP contribution < -0.4 is 0 Å². The van der Waals surface area contributed by atoms with Crippen LogP contribution in [-0.2, 0) is 11.3 Å². The van der Waals surface area contributed by atoms with Crippen molar-refractivity contribution in [1.82, 2.24) is 4.90 Å². The standard InChI is InChI=1S/C12H15BrFNO2/c1-2-12(17)15(5-6-16)8-9-7-10(13)3-4-11(9)14/h3-4,7,16H,2,5-6,8H2,1H3. The molecule has 0 atom stereocenters. The number of halogens is 2. The van der Waals surface area contributed by atoms with E-state index in [0.717, 1.165) is 4.47 Å². The summed E-state index contributed by atoms with van der Waals surface area (Å²) in [7, 11) is 0. The van der Waals surface area contributed by atoms with Gasteiger partial charge in [-0.1, -0.05) is 22.9 Å². The van der Waals surface area contributed by atoms with Crippen LogP contribution in [-0.4, -0.2) is 29.1 Å². The van der Waals surface area contributed by atoms with E-state index >= 15 is 0 Å².